The predicted octanol–water partition coefficient (Wildman–Crippen LogP) is 3.05. The molecule has 0 saturated carbocycles. The fraction of sp³-hybridized carbons (Fsp3) is 0.579. The Morgan fingerprint density at radius 3 is 2.71 bits per heavy atom. The quantitative estimate of drug-likeness (QED) is 0.632. The van der Waals surface area contributed by atoms with Crippen LogP contribution in [0.4, 0.5) is 8.78 Å². The number of aliphatic hydroxyl groups excluding tert-OH is 1. The largest absolute Gasteiger partial charge is 0.497 e. The number of fused-ring (bicyclic) bond motifs is 1. The molecule has 1 aromatic carbocycles. The number of ether oxygens (including phenoxy) is 1. The summed E-state index contributed by atoms with van der Waals surface area (Å²) in [6.45, 7) is 5.49. The maximum Gasteiger partial charge on any atom is 0.295 e. The van der Waals surface area contributed by atoms with Gasteiger partial charge in [-0.25, -0.2) is 4.98 Å². The van der Waals surface area contributed by atoms with Crippen LogP contribution in [-0.2, 0) is 5.92 Å². The Morgan fingerprint density at radius 2 is 2.18 bits per heavy atom. The third kappa shape index (κ3) is 5.69. The van der Waals surface area contributed by atoms with E-state index in [-0.39, 0.29) is 18.5 Å². The van der Waals surface area contributed by atoms with Crippen molar-refractivity contribution in [2.75, 3.05) is 26.9 Å². The summed E-state index contributed by atoms with van der Waals surface area (Å²) in [5.74, 6) is -1.10. The van der Waals surface area contributed by atoms with Gasteiger partial charge in [0.2, 0.25) is 0 Å². The number of alkyl halides is 2. The van der Waals surface area contributed by atoms with Gasteiger partial charge in [0.05, 0.1) is 18.1 Å². The molecule has 0 aliphatic carbocycles. The van der Waals surface area contributed by atoms with Crippen molar-refractivity contribution in [3.8, 4) is 5.75 Å². The van der Waals surface area contributed by atoms with Gasteiger partial charge in [0.1, 0.15) is 5.75 Å². The topological polar surface area (TPSA) is 87.2 Å². The molecule has 3 atom stereocenters. The minimum absolute atomic E-state index is 0.102. The van der Waals surface area contributed by atoms with E-state index in [1.165, 1.54) is 32.2 Å². The zero-order valence-corrected chi connectivity index (χ0v) is 17.4. The van der Waals surface area contributed by atoms with E-state index in [2.05, 4.69) is 28.9 Å². The molecule has 2 heterocycles. The standard InChI is InChI=1S/C13H14F2N2O3.C6H14NP/c1-20-8-3-4-9-10(7-8)17-12(19)11(16-9)13(14,15)5-2-6-18;1-5-3-4-7-6(5)8-2/h3-4,7,18H,2,5-6H2,1H3,(H,17,19);5-8H,3-4H2,1-2H3/t;5-,6?/m.1/s1. The van der Waals surface area contributed by atoms with Gasteiger partial charge < -0.3 is 20.1 Å². The van der Waals surface area contributed by atoms with Crippen LogP contribution >= 0.6 is 8.58 Å². The van der Waals surface area contributed by atoms with Gasteiger partial charge in [0.25, 0.3) is 11.5 Å². The molecule has 9 heteroatoms. The van der Waals surface area contributed by atoms with E-state index in [9.17, 15) is 13.6 Å². The number of halogens is 2. The number of hydrogen-bond acceptors (Lipinski definition) is 5. The first-order chi connectivity index (χ1) is 13.3. The highest BCUT2D eigenvalue weighted by Crippen LogP contribution is 2.30. The summed E-state index contributed by atoms with van der Waals surface area (Å²) in [6.07, 6.45) is 0.654. The number of H-pyrrole nitrogens is 1. The molecule has 0 spiro atoms. The van der Waals surface area contributed by atoms with Crippen LogP contribution in [0.3, 0.4) is 0 Å². The maximum atomic E-state index is 13.9. The van der Waals surface area contributed by atoms with Crippen molar-refractivity contribution in [2.45, 2.75) is 37.9 Å². The minimum Gasteiger partial charge on any atom is -0.497 e. The van der Waals surface area contributed by atoms with E-state index < -0.39 is 23.6 Å². The first kappa shape index (κ1) is 22.7. The molecule has 2 unspecified atom stereocenters. The van der Waals surface area contributed by atoms with Crippen molar-refractivity contribution in [1.29, 1.82) is 0 Å². The van der Waals surface area contributed by atoms with Gasteiger partial charge >= 0.3 is 0 Å². The van der Waals surface area contributed by atoms with E-state index in [0.29, 0.717) is 11.3 Å². The highest BCUT2D eigenvalue weighted by Gasteiger charge is 2.35. The van der Waals surface area contributed by atoms with E-state index in [4.69, 9.17) is 9.84 Å². The number of nitrogens with zero attached hydrogens (tertiary/aromatic N) is 1. The summed E-state index contributed by atoms with van der Waals surface area (Å²) >= 11 is 0. The molecule has 1 aliphatic heterocycles. The van der Waals surface area contributed by atoms with Crippen LogP contribution in [0.15, 0.2) is 23.0 Å². The zero-order chi connectivity index (χ0) is 20.7. The molecular formula is C19H28F2N3O3P. The van der Waals surface area contributed by atoms with E-state index in [1.54, 1.807) is 6.07 Å². The molecule has 156 valence electrons. The average molecular weight is 415 g/mol. The fourth-order valence-corrected chi connectivity index (χ4v) is 4.16. The molecule has 0 amide bonds. The van der Waals surface area contributed by atoms with Crippen LogP contribution in [0.5, 0.6) is 5.75 Å². The maximum absolute atomic E-state index is 13.9. The van der Waals surface area contributed by atoms with Crippen LogP contribution < -0.4 is 15.6 Å². The number of methoxy groups -OCH3 is 1. The zero-order valence-electron chi connectivity index (χ0n) is 16.4. The second-order valence-corrected chi connectivity index (χ2v) is 8.02. The Hall–Kier alpha value is -1.63. The van der Waals surface area contributed by atoms with E-state index >= 15 is 0 Å². The first-order valence-electron chi connectivity index (χ1n) is 9.30. The summed E-state index contributed by atoms with van der Waals surface area (Å²) in [5.41, 5.74) is -1.18. The summed E-state index contributed by atoms with van der Waals surface area (Å²) < 4.78 is 32.7. The summed E-state index contributed by atoms with van der Waals surface area (Å²) in [5, 5.41) is 12.1. The Balaban J connectivity index is 0.000000292. The number of nitrogens with one attached hydrogen (secondary N) is 2. The van der Waals surface area contributed by atoms with Crippen LogP contribution in [0, 0.1) is 5.92 Å². The third-order valence-electron chi connectivity index (χ3n) is 4.74. The van der Waals surface area contributed by atoms with Gasteiger partial charge in [-0.15, -0.1) is 8.58 Å². The van der Waals surface area contributed by atoms with Gasteiger partial charge in [0.15, 0.2) is 5.69 Å². The number of rotatable bonds is 6. The normalized spacial score (nSPS) is 19.8. The molecule has 1 fully saturated rings. The highest BCUT2D eigenvalue weighted by atomic mass is 31.1. The molecule has 2 aromatic rings. The van der Waals surface area contributed by atoms with Crippen molar-refractivity contribution in [1.82, 2.24) is 15.3 Å². The monoisotopic (exact) mass is 415 g/mol. The Labute approximate surface area is 164 Å². The Bertz CT molecular complexity index is 832. The Kier molecular flexibility index (Phi) is 8.28. The molecule has 0 radical (unpaired) electrons. The Morgan fingerprint density at radius 1 is 1.43 bits per heavy atom. The van der Waals surface area contributed by atoms with Gasteiger partial charge in [-0.3, -0.25) is 4.79 Å². The molecule has 28 heavy (non-hydrogen) atoms. The fourth-order valence-electron chi connectivity index (χ4n) is 3.08. The number of benzene rings is 1. The van der Waals surface area contributed by atoms with Crippen LogP contribution in [-0.4, -0.2) is 47.8 Å². The lowest BCUT2D eigenvalue weighted by Crippen LogP contribution is -2.27. The third-order valence-corrected chi connectivity index (χ3v) is 6.13. The van der Waals surface area contributed by atoms with Crippen LogP contribution in [0.2, 0.25) is 0 Å². The molecule has 1 aromatic heterocycles. The first-order valence-corrected chi connectivity index (χ1v) is 10.9. The van der Waals surface area contributed by atoms with Crippen molar-refractivity contribution in [3.05, 3.63) is 34.2 Å². The van der Waals surface area contributed by atoms with Gasteiger partial charge in [-0.05, 0) is 44.1 Å². The summed E-state index contributed by atoms with van der Waals surface area (Å²) in [6, 6.07) is 4.58. The molecule has 1 aliphatic rings. The minimum atomic E-state index is -3.37. The van der Waals surface area contributed by atoms with Crippen molar-refractivity contribution >= 4 is 19.6 Å². The predicted molar refractivity (Wildman–Crippen MR) is 109 cm³/mol. The summed E-state index contributed by atoms with van der Waals surface area (Å²) in [4.78, 5) is 17.9. The van der Waals surface area contributed by atoms with Crippen molar-refractivity contribution < 1.29 is 18.6 Å². The van der Waals surface area contributed by atoms with Gasteiger partial charge in [-0.1, -0.05) is 6.92 Å². The molecule has 6 nitrogen and oxygen atoms in total. The van der Waals surface area contributed by atoms with E-state index in [1.807, 2.05) is 0 Å². The van der Waals surface area contributed by atoms with Crippen LogP contribution in [0.25, 0.3) is 11.0 Å². The van der Waals surface area contributed by atoms with Crippen molar-refractivity contribution in [2.24, 2.45) is 5.92 Å². The van der Waals surface area contributed by atoms with E-state index in [0.717, 1.165) is 20.3 Å². The molecule has 3 rings (SSSR count). The number of hydrogen-bond donors (Lipinski definition) is 3. The van der Waals surface area contributed by atoms with Crippen molar-refractivity contribution in [3.63, 3.8) is 0 Å². The molecule has 3 N–H and O–H groups in total. The second-order valence-electron chi connectivity index (χ2n) is 6.82. The number of aromatic nitrogens is 2. The van der Waals surface area contributed by atoms with Gasteiger partial charge in [0, 0.05) is 24.9 Å². The molecule has 0 bridgehead atoms. The lowest BCUT2D eigenvalue weighted by molar-refractivity contribution is -0.0242. The summed E-state index contributed by atoms with van der Waals surface area (Å²) in [7, 11) is 2.54. The second kappa shape index (κ2) is 10.2. The van der Waals surface area contributed by atoms with Crippen LogP contribution in [0.1, 0.15) is 31.9 Å². The molecule has 1 saturated heterocycles. The SMILES string of the molecule is COc1ccc2nc(C(F)(F)CCCO)c(=O)[nH]c2c1.CPC1NCC[C@H]1C. The average Bonchev–Trinajstić information content (AvgIpc) is 3.10. The lowest BCUT2D eigenvalue weighted by atomic mass is 10.1. The number of aromatic amines is 1. The lowest BCUT2D eigenvalue weighted by Gasteiger charge is -2.14. The smallest absolute Gasteiger partial charge is 0.295 e. The number of aliphatic hydroxyl groups is 1. The molecular weight excluding hydrogens is 387 g/mol. The highest BCUT2D eigenvalue weighted by molar-refractivity contribution is 7.37. The van der Waals surface area contributed by atoms with Gasteiger partial charge in [-0.2, -0.15) is 8.78 Å².